The Kier molecular flexibility index (Phi) is 6.45. The van der Waals surface area contributed by atoms with Crippen LogP contribution in [0, 0.1) is 0 Å². The molecule has 0 atom stereocenters. The molecule has 0 saturated carbocycles. The van der Waals surface area contributed by atoms with E-state index in [-0.39, 0.29) is 0 Å². The number of pyridine rings is 3. The van der Waals surface area contributed by atoms with Gasteiger partial charge in [-0.1, -0.05) is 60.7 Å². The maximum absolute atomic E-state index is 5.16. The molecule has 0 amide bonds. The Labute approximate surface area is 288 Å². The molecule has 6 heterocycles. The summed E-state index contributed by atoms with van der Waals surface area (Å²) in [5.74, 6) is 0. The zero-order valence-corrected chi connectivity index (χ0v) is 27.0. The Hall–Kier alpha value is -6.79. The minimum Gasteiger partial charge on any atom is -0.387 e. The summed E-state index contributed by atoms with van der Waals surface area (Å²) < 4.78 is 4.67. The third-order valence-corrected chi connectivity index (χ3v) is 9.79. The van der Waals surface area contributed by atoms with E-state index in [0.717, 1.165) is 68.0 Å². The number of fused-ring (bicyclic) bond motifs is 6. The average Bonchev–Trinajstić information content (AvgIpc) is 3.71. The van der Waals surface area contributed by atoms with E-state index in [1.807, 2.05) is 30.9 Å². The van der Waals surface area contributed by atoms with Crippen LogP contribution in [0.15, 0.2) is 158 Å². The van der Waals surface area contributed by atoms with Crippen LogP contribution in [0.3, 0.4) is 0 Å². The first kappa shape index (κ1) is 28.2. The SMILES string of the molecule is C1=Cc2c(c3ccccc3n2-c2ccc(-c3cc(-c4ccc(-n5c6ccccc6c6cnccc65)cc4)nc(-c4cccnc4)c3)cc2)CN1. The second-order valence-corrected chi connectivity index (χ2v) is 12.6. The number of nitrogens with one attached hydrogen (secondary N) is 1. The number of nitrogens with zero attached hydrogens (tertiary/aromatic N) is 5. The summed E-state index contributed by atoms with van der Waals surface area (Å²) in [7, 11) is 0. The summed E-state index contributed by atoms with van der Waals surface area (Å²) in [5, 5.41) is 7.00. The normalized spacial score (nSPS) is 12.4. The highest BCUT2D eigenvalue weighted by molar-refractivity contribution is 6.08. The molecule has 10 rings (SSSR count). The van der Waals surface area contributed by atoms with E-state index in [2.05, 4.69) is 152 Å². The molecule has 0 radical (unpaired) electrons. The largest absolute Gasteiger partial charge is 0.387 e. The van der Waals surface area contributed by atoms with Crippen LogP contribution in [-0.2, 0) is 6.54 Å². The lowest BCUT2D eigenvalue weighted by Gasteiger charge is -2.14. The van der Waals surface area contributed by atoms with Crippen molar-refractivity contribution in [2.75, 3.05) is 0 Å². The summed E-state index contributed by atoms with van der Waals surface area (Å²) in [6, 6.07) is 45.2. The first-order valence-electron chi connectivity index (χ1n) is 16.8. The molecule has 6 heteroatoms. The topological polar surface area (TPSA) is 60.6 Å². The van der Waals surface area contributed by atoms with Crippen molar-refractivity contribution >= 4 is 38.8 Å². The number of para-hydroxylation sites is 2. The fourth-order valence-electron chi connectivity index (χ4n) is 7.45. The van der Waals surface area contributed by atoms with Gasteiger partial charge in [0.25, 0.3) is 0 Å². The van der Waals surface area contributed by atoms with Gasteiger partial charge in [0.15, 0.2) is 0 Å². The highest BCUT2D eigenvalue weighted by Crippen LogP contribution is 2.36. The quantitative estimate of drug-likeness (QED) is 0.203. The monoisotopic (exact) mass is 642 g/mol. The molecule has 0 bridgehead atoms. The minimum absolute atomic E-state index is 0.825. The van der Waals surface area contributed by atoms with Crippen LogP contribution >= 0.6 is 0 Å². The summed E-state index contributed by atoms with van der Waals surface area (Å²) >= 11 is 0. The van der Waals surface area contributed by atoms with Crippen molar-refractivity contribution in [1.29, 1.82) is 0 Å². The molecule has 0 spiro atoms. The summed E-state index contributed by atoms with van der Waals surface area (Å²) in [6.45, 7) is 0.825. The summed E-state index contributed by atoms with van der Waals surface area (Å²) in [4.78, 5) is 14.0. The van der Waals surface area contributed by atoms with E-state index in [1.54, 1.807) is 6.20 Å². The Morgan fingerprint density at radius 3 is 1.94 bits per heavy atom. The Balaban J connectivity index is 1.07. The van der Waals surface area contributed by atoms with Crippen molar-refractivity contribution in [2.24, 2.45) is 0 Å². The lowest BCUT2D eigenvalue weighted by molar-refractivity contribution is 0.855. The Bertz CT molecular complexity index is 2680. The molecule has 5 aromatic heterocycles. The van der Waals surface area contributed by atoms with Gasteiger partial charge in [0.05, 0.1) is 33.6 Å². The molecule has 0 unspecified atom stereocenters. The van der Waals surface area contributed by atoms with Crippen LogP contribution in [0.2, 0.25) is 0 Å². The zero-order valence-electron chi connectivity index (χ0n) is 27.0. The maximum Gasteiger partial charge on any atom is 0.0731 e. The van der Waals surface area contributed by atoms with E-state index >= 15 is 0 Å². The van der Waals surface area contributed by atoms with Crippen LogP contribution < -0.4 is 5.32 Å². The van der Waals surface area contributed by atoms with Gasteiger partial charge in [0.1, 0.15) is 0 Å². The average molecular weight is 643 g/mol. The third kappa shape index (κ3) is 4.54. The smallest absolute Gasteiger partial charge is 0.0731 e. The molecule has 1 aliphatic rings. The van der Waals surface area contributed by atoms with E-state index < -0.39 is 0 Å². The maximum atomic E-state index is 5.16. The van der Waals surface area contributed by atoms with Crippen molar-refractivity contribution in [2.45, 2.75) is 6.54 Å². The molecular formula is C44H30N6. The van der Waals surface area contributed by atoms with Crippen molar-refractivity contribution in [3.63, 3.8) is 0 Å². The Morgan fingerprint density at radius 2 is 1.16 bits per heavy atom. The first-order valence-corrected chi connectivity index (χ1v) is 16.8. The third-order valence-electron chi connectivity index (χ3n) is 9.79. The molecule has 6 nitrogen and oxygen atoms in total. The van der Waals surface area contributed by atoms with Crippen LogP contribution in [0.25, 0.3) is 83.8 Å². The molecule has 0 saturated heterocycles. The van der Waals surface area contributed by atoms with Crippen molar-refractivity contribution < 1.29 is 0 Å². The standard InChI is InChI=1S/C44H30N6/c1-3-9-41-35(7-1)37-27-46-22-19-43(37)49(41)33-15-11-29(12-16-33)32-24-39(48-40(25-32)31-6-5-21-45-26-31)30-13-17-34(18-14-30)50-42-10-4-2-8-36(42)38-28-47-23-20-44(38)50/h1-26,28,46H,27H2. The van der Waals surface area contributed by atoms with Crippen molar-refractivity contribution in [3.05, 3.63) is 170 Å². The van der Waals surface area contributed by atoms with Gasteiger partial charge >= 0.3 is 0 Å². The number of aromatic nitrogens is 5. The van der Waals surface area contributed by atoms with Crippen molar-refractivity contribution in [3.8, 4) is 45.0 Å². The fourth-order valence-corrected chi connectivity index (χ4v) is 7.45. The first-order chi connectivity index (χ1) is 24.8. The second kappa shape index (κ2) is 11.4. The number of benzene rings is 4. The minimum atomic E-state index is 0.825. The second-order valence-electron chi connectivity index (χ2n) is 12.6. The van der Waals surface area contributed by atoms with E-state index in [1.165, 1.54) is 27.5 Å². The molecule has 50 heavy (non-hydrogen) atoms. The van der Waals surface area contributed by atoms with Crippen molar-refractivity contribution in [1.82, 2.24) is 29.4 Å². The summed E-state index contributed by atoms with van der Waals surface area (Å²) in [5.41, 5.74) is 14.3. The van der Waals surface area contributed by atoms with Gasteiger partial charge in [-0.3, -0.25) is 9.97 Å². The predicted molar refractivity (Wildman–Crippen MR) is 203 cm³/mol. The molecule has 1 N–H and O–H groups in total. The molecule has 1 aliphatic heterocycles. The van der Waals surface area contributed by atoms with Gasteiger partial charge < -0.3 is 14.5 Å². The Morgan fingerprint density at radius 1 is 0.500 bits per heavy atom. The molecular weight excluding hydrogens is 613 g/mol. The fraction of sp³-hybridized carbons (Fsp3) is 0.0227. The van der Waals surface area contributed by atoms with Gasteiger partial charge in [-0.15, -0.1) is 0 Å². The summed E-state index contributed by atoms with van der Waals surface area (Å²) in [6.07, 6.45) is 11.7. The van der Waals surface area contributed by atoms with Crippen LogP contribution in [0.1, 0.15) is 11.3 Å². The molecule has 0 aliphatic carbocycles. The lowest BCUT2D eigenvalue weighted by atomic mass is 10.00. The van der Waals surface area contributed by atoms with Gasteiger partial charge in [-0.2, -0.15) is 0 Å². The number of hydrogen-bond acceptors (Lipinski definition) is 4. The van der Waals surface area contributed by atoms with Crippen LogP contribution in [-0.4, -0.2) is 24.1 Å². The van der Waals surface area contributed by atoms with Gasteiger partial charge in [-0.25, -0.2) is 4.98 Å². The molecule has 236 valence electrons. The van der Waals surface area contributed by atoms with Gasteiger partial charge in [0, 0.05) is 75.6 Å². The van der Waals surface area contributed by atoms with Crippen LogP contribution in [0.4, 0.5) is 0 Å². The van der Waals surface area contributed by atoms with Gasteiger partial charge in [-0.05, 0) is 90.1 Å². The molecule has 0 fully saturated rings. The van der Waals surface area contributed by atoms with Gasteiger partial charge in [0.2, 0.25) is 0 Å². The van der Waals surface area contributed by atoms with E-state index in [4.69, 9.17) is 4.98 Å². The highest BCUT2D eigenvalue weighted by Gasteiger charge is 2.18. The lowest BCUT2D eigenvalue weighted by Crippen LogP contribution is -2.10. The number of hydrogen-bond donors (Lipinski definition) is 1. The highest BCUT2D eigenvalue weighted by atomic mass is 15.0. The zero-order chi connectivity index (χ0) is 33.0. The van der Waals surface area contributed by atoms with Crippen LogP contribution in [0.5, 0.6) is 0 Å². The molecule has 9 aromatic rings. The molecule has 4 aromatic carbocycles. The van der Waals surface area contributed by atoms with E-state index in [9.17, 15) is 0 Å². The predicted octanol–water partition coefficient (Wildman–Crippen LogP) is 9.99. The van der Waals surface area contributed by atoms with E-state index in [0.29, 0.717) is 0 Å². The number of rotatable bonds is 5.